The van der Waals surface area contributed by atoms with Gasteiger partial charge in [0.1, 0.15) is 11.4 Å². The predicted molar refractivity (Wildman–Crippen MR) is 69.5 cm³/mol. The molecule has 0 aliphatic carbocycles. The second kappa shape index (κ2) is 6.18. The molecule has 0 aromatic heterocycles. The Bertz CT molecular complexity index is 310. The summed E-state index contributed by atoms with van der Waals surface area (Å²) in [5, 5.41) is 2.72. The van der Waals surface area contributed by atoms with Gasteiger partial charge in [0.2, 0.25) is 0 Å². The molecule has 1 saturated heterocycles. The average Bonchev–Trinajstić information content (AvgIpc) is 2.63. The molecule has 104 valence electrons. The fourth-order valence-electron chi connectivity index (χ4n) is 2.00. The third-order valence-corrected chi connectivity index (χ3v) is 2.94. The van der Waals surface area contributed by atoms with Gasteiger partial charge in [0, 0.05) is 25.6 Å². The van der Waals surface area contributed by atoms with Crippen LogP contribution in [0.1, 0.15) is 34.1 Å². The van der Waals surface area contributed by atoms with Crippen LogP contribution in [0.5, 0.6) is 0 Å². The Morgan fingerprint density at radius 2 is 2.06 bits per heavy atom. The van der Waals surface area contributed by atoms with Gasteiger partial charge in [-0.2, -0.15) is 0 Å². The lowest BCUT2D eigenvalue weighted by atomic mass is 10.1. The lowest BCUT2D eigenvalue weighted by Crippen LogP contribution is -2.37. The summed E-state index contributed by atoms with van der Waals surface area (Å²) in [6.07, 6.45) is 0.548. The van der Waals surface area contributed by atoms with E-state index >= 15 is 0 Å². The highest BCUT2D eigenvalue weighted by Crippen LogP contribution is 2.16. The normalized spacial score (nSPS) is 20.8. The number of alkyl carbamates (subject to hydrolysis) is 1. The molecule has 5 nitrogen and oxygen atoms in total. The summed E-state index contributed by atoms with van der Waals surface area (Å²) in [6.45, 7) is 10.2. The molecule has 0 aromatic rings. The van der Waals surface area contributed by atoms with Crippen molar-refractivity contribution < 1.29 is 14.3 Å². The number of ether oxygens (including phenoxy) is 1. The molecular formula is C13H24N2O3. The molecule has 18 heavy (non-hydrogen) atoms. The largest absolute Gasteiger partial charge is 0.444 e. The van der Waals surface area contributed by atoms with E-state index < -0.39 is 5.60 Å². The number of amides is 1. The van der Waals surface area contributed by atoms with Crippen molar-refractivity contribution in [2.24, 2.45) is 5.92 Å². The van der Waals surface area contributed by atoms with E-state index in [-0.39, 0.29) is 17.8 Å². The number of likely N-dealkylation sites (tertiary alicyclic amines) is 1. The number of hydrogen-bond donors (Lipinski definition) is 1. The molecular weight excluding hydrogens is 232 g/mol. The van der Waals surface area contributed by atoms with E-state index in [1.165, 1.54) is 0 Å². The summed E-state index contributed by atoms with van der Waals surface area (Å²) in [5.41, 5.74) is -0.461. The van der Waals surface area contributed by atoms with Gasteiger partial charge < -0.3 is 15.0 Å². The number of rotatable bonds is 4. The molecule has 1 rings (SSSR count). The first kappa shape index (κ1) is 15.0. The first-order chi connectivity index (χ1) is 8.28. The Hall–Kier alpha value is -1.10. The Labute approximate surface area is 109 Å². The van der Waals surface area contributed by atoms with E-state index in [2.05, 4.69) is 10.2 Å². The third kappa shape index (κ3) is 5.49. The van der Waals surface area contributed by atoms with Gasteiger partial charge in [0.25, 0.3) is 0 Å². The summed E-state index contributed by atoms with van der Waals surface area (Å²) >= 11 is 0. The second-order valence-corrected chi connectivity index (χ2v) is 5.83. The van der Waals surface area contributed by atoms with Crippen molar-refractivity contribution in [1.82, 2.24) is 10.2 Å². The zero-order chi connectivity index (χ0) is 13.8. The monoisotopic (exact) mass is 256 g/mol. The van der Waals surface area contributed by atoms with Crippen LogP contribution in [0.15, 0.2) is 0 Å². The van der Waals surface area contributed by atoms with Crippen LogP contribution in [0.25, 0.3) is 0 Å². The molecule has 1 unspecified atom stereocenters. The maximum Gasteiger partial charge on any atom is 0.407 e. The van der Waals surface area contributed by atoms with Crippen LogP contribution in [0.4, 0.5) is 4.79 Å². The highest BCUT2D eigenvalue weighted by molar-refractivity contribution is 5.78. The average molecular weight is 256 g/mol. The minimum atomic E-state index is -0.461. The lowest BCUT2D eigenvalue weighted by molar-refractivity contribution is -0.120. The van der Waals surface area contributed by atoms with E-state index in [9.17, 15) is 9.59 Å². The van der Waals surface area contributed by atoms with E-state index in [4.69, 9.17) is 4.74 Å². The van der Waals surface area contributed by atoms with Gasteiger partial charge in [0.05, 0.1) is 0 Å². The first-order valence-corrected chi connectivity index (χ1v) is 6.47. The summed E-state index contributed by atoms with van der Waals surface area (Å²) in [5.74, 6) is 0.434. The Morgan fingerprint density at radius 1 is 1.39 bits per heavy atom. The number of ketones is 1. The number of carbonyl (C=O) groups is 2. The SMILES string of the molecule is CC(=O)C1CCN(CCNC(=O)OC(C)(C)C)C1. The molecule has 0 saturated carbocycles. The number of nitrogens with zero attached hydrogens (tertiary/aromatic N) is 1. The van der Waals surface area contributed by atoms with Crippen LogP contribution >= 0.6 is 0 Å². The van der Waals surface area contributed by atoms with Gasteiger partial charge in [0.15, 0.2) is 0 Å². The molecule has 1 heterocycles. The minimum absolute atomic E-state index is 0.173. The van der Waals surface area contributed by atoms with Crippen LogP contribution in [-0.4, -0.2) is 48.6 Å². The molecule has 0 spiro atoms. The molecule has 1 fully saturated rings. The Morgan fingerprint density at radius 3 is 2.56 bits per heavy atom. The lowest BCUT2D eigenvalue weighted by Gasteiger charge is -2.21. The molecule has 1 N–H and O–H groups in total. The van der Waals surface area contributed by atoms with Gasteiger partial charge in [-0.05, 0) is 40.7 Å². The molecule has 1 atom stereocenters. The van der Waals surface area contributed by atoms with E-state index in [1.54, 1.807) is 6.92 Å². The molecule has 1 amide bonds. The number of hydrogen-bond acceptors (Lipinski definition) is 4. The van der Waals surface area contributed by atoms with Gasteiger partial charge >= 0.3 is 6.09 Å². The minimum Gasteiger partial charge on any atom is -0.444 e. The number of Topliss-reactive ketones (excluding diaryl/α,β-unsaturated/α-hetero) is 1. The number of nitrogens with one attached hydrogen (secondary N) is 1. The number of carbonyl (C=O) groups excluding carboxylic acids is 2. The molecule has 1 aliphatic heterocycles. The predicted octanol–water partition coefficient (Wildman–Crippen LogP) is 1.42. The Kier molecular flexibility index (Phi) is 5.14. The summed E-state index contributed by atoms with van der Waals surface area (Å²) in [4.78, 5) is 24.8. The van der Waals surface area contributed by atoms with Crippen molar-refractivity contribution in [2.75, 3.05) is 26.2 Å². The molecule has 0 bridgehead atoms. The highest BCUT2D eigenvalue weighted by atomic mass is 16.6. The highest BCUT2D eigenvalue weighted by Gasteiger charge is 2.25. The van der Waals surface area contributed by atoms with E-state index in [0.29, 0.717) is 6.54 Å². The second-order valence-electron chi connectivity index (χ2n) is 5.83. The molecule has 5 heteroatoms. The first-order valence-electron chi connectivity index (χ1n) is 6.47. The van der Waals surface area contributed by atoms with Crippen molar-refractivity contribution in [2.45, 2.75) is 39.7 Å². The molecule has 1 aliphatic rings. The third-order valence-electron chi connectivity index (χ3n) is 2.94. The maximum atomic E-state index is 11.4. The van der Waals surface area contributed by atoms with Crippen LogP contribution in [0.2, 0.25) is 0 Å². The smallest absolute Gasteiger partial charge is 0.407 e. The fourth-order valence-corrected chi connectivity index (χ4v) is 2.00. The van der Waals surface area contributed by atoms with Crippen molar-refractivity contribution in [1.29, 1.82) is 0 Å². The summed E-state index contributed by atoms with van der Waals surface area (Å²) in [6, 6.07) is 0. The van der Waals surface area contributed by atoms with Crippen molar-refractivity contribution in [3.8, 4) is 0 Å². The quantitative estimate of drug-likeness (QED) is 0.826. The van der Waals surface area contributed by atoms with Gasteiger partial charge in [-0.15, -0.1) is 0 Å². The van der Waals surface area contributed by atoms with Crippen LogP contribution in [0, 0.1) is 5.92 Å². The maximum absolute atomic E-state index is 11.4. The van der Waals surface area contributed by atoms with Crippen molar-refractivity contribution in [3.63, 3.8) is 0 Å². The zero-order valence-electron chi connectivity index (χ0n) is 11.8. The Balaban J connectivity index is 2.16. The molecule has 0 aromatic carbocycles. The summed E-state index contributed by atoms with van der Waals surface area (Å²) < 4.78 is 5.14. The summed E-state index contributed by atoms with van der Waals surface area (Å²) in [7, 11) is 0. The van der Waals surface area contributed by atoms with Gasteiger partial charge in [-0.1, -0.05) is 0 Å². The van der Waals surface area contributed by atoms with Crippen molar-refractivity contribution >= 4 is 11.9 Å². The van der Waals surface area contributed by atoms with Crippen LogP contribution in [0.3, 0.4) is 0 Å². The van der Waals surface area contributed by atoms with Gasteiger partial charge in [-0.3, -0.25) is 4.79 Å². The van der Waals surface area contributed by atoms with Crippen LogP contribution in [-0.2, 0) is 9.53 Å². The topological polar surface area (TPSA) is 58.6 Å². The van der Waals surface area contributed by atoms with Gasteiger partial charge in [-0.25, -0.2) is 4.79 Å². The van der Waals surface area contributed by atoms with Crippen LogP contribution < -0.4 is 5.32 Å². The molecule has 0 radical (unpaired) electrons. The van der Waals surface area contributed by atoms with Crippen molar-refractivity contribution in [3.05, 3.63) is 0 Å². The zero-order valence-corrected chi connectivity index (χ0v) is 11.8. The van der Waals surface area contributed by atoms with E-state index in [1.807, 2.05) is 20.8 Å². The van der Waals surface area contributed by atoms with E-state index in [0.717, 1.165) is 26.1 Å². The standard InChI is InChI=1S/C13H24N2O3/c1-10(16)11-5-7-15(9-11)8-6-14-12(17)18-13(2,3)4/h11H,5-9H2,1-4H3,(H,14,17). The fraction of sp³-hybridized carbons (Fsp3) is 0.846.